The van der Waals surface area contributed by atoms with Crippen LogP contribution in [0.15, 0.2) is 83.8 Å². The Hall–Kier alpha value is -4.10. The van der Waals surface area contributed by atoms with Gasteiger partial charge in [-0.25, -0.2) is 9.38 Å². The van der Waals surface area contributed by atoms with Crippen LogP contribution < -0.4 is 19.6 Å². The van der Waals surface area contributed by atoms with Gasteiger partial charge in [-0.1, -0.05) is 41.7 Å². The lowest BCUT2D eigenvalue weighted by atomic mass is 10.2. The zero-order valence-electron chi connectivity index (χ0n) is 19.2. The van der Waals surface area contributed by atoms with Crippen molar-refractivity contribution in [3.8, 4) is 11.5 Å². The number of methoxy groups -OCH3 is 1. The Labute approximate surface area is 205 Å². The fourth-order valence-electron chi connectivity index (χ4n) is 4.43. The van der Waals surface area contributed by atoms with E-state index in [-0.39, 0.29) is 5.56 Å². The summed E-state index contributed by atoms with van der Waals surface area (Å²) in [5.74, 6) is 1.64. The summed E-state index contributed by atoms with van der Waals surface area (Å²) in [5.41, 5.74) is 3.84. The topological polar surface area (TPSA) is 57.8 Å². The van der Waals surface area contributed by atoms with Crippen LogP contribution in [-0.4, -0.2) is 27.7 Å². The Bertz CT molecular complexity index is 1760. The fourth-order valence-corrected chi connectivity index (χ4v) is 5.40. The molecule has 3 aromatic heterocycles. The SMILES string of the molecule is COc1ccc(OCCCn2cc(C=c3sc4nc5ccccc5n4c3=O)c3ccccc32)cc1. The number of imidazole rings is 1. The molecule has 0 fully saturated rings. The molecule has 6 nitrogen and oxygen atoms in total. The molecule has 6 aromatic rings. The van der Waals surface area contributed by atoms with Gasteiger partial charge in [-0.2, -0.15) is 0 Å². The zero-order valence-corrected chi connectivity index (χ0v) is 20.0. The number of thiazole rings is 1. The summed E-state index contributed by atoms with van der Waals surface area (Å²) in [6.07, 6.45) is 4.97. The van der Waals surface area contributed by atoms with Gasteiger partial charge in [-0.15, -0.1) is 0 Å². The standard InChI is InChI=1S/C28H23N3O3S/c1-33-20-11-13-21(14-12-20)34-16-6-15-30-18-19(22-7-2-4-9-24(22)30)17-26-27(32)31-25-10-5-3-8-23(25)29-28(31)35-26/h2-5,7-14,17-18H,6,15-16H2,1H3. The van der Waals surface area contributed by atoms with Crippen molar-refractivity contribution in [3.63, 3.8) is 0 Å². The molecule has 0 amide bonds. The van der Waals surface area contributed by atoms with Gasteiger partial charge in [-0.05, 0) is 55.0 Å². The normalized spacial score (nSPS) is 12.2. The van der Waals surface area contributed by atoms with E-state index in [1.807, 2.05) is 66.7 Å². The van der Waals surface area contributed by atoms with Crippen molar-refractivity contribution in [3.05, 3.63) is 99.4 Å². The van der Waals surface area contributed by atoms with E-state index in [0.29, 0.717) is 11.1 Å². The number of ether oxygens (including phenoxy) is 2. The largest absolute Gasteiger partial charge is 0.497 e. The molecule has 0 saturated carbocycles. The Morgan fingerprint density at radius 1 is 0.943 bits per heavy atom. The van der Waals surface area contributed by atoms with Gasteiger partial charge >= 0.3 is 0 Å². The van der Waals surface area contributed by atoms with Crippen LogP contribution in [0.2, 0.25) is 0 Å². The van der Waals surface area contributed by atoms with Crippen LogP contribution in [0.4, 0.5) is 0 Å². The molecule has 0 saturated heterocycles. The Morgan fingerprint density at radius 3 is 2.51 bits per heavy atom. The second-order valence-corrected chi connectivity index (χ2v) is 9.32. The monoisotopic (exact) mass is 481 g/mol. The molecule has 0 aliphatic rings. The molecule has 0 aliphatic heterocycles. The van der Waals surface area contributed by atoms with E-state index in [1.54, 1.807) is 11.5 Å². The maximum absolute atomic E-state index is 13.2. The highest BCUT2D eigenvalue weighted by atomic mass is 32.1. The Kier molecular flexibility index (Phi) is 5.47. The predicted octanol–water partition coefficient (Wildman–Crippen LogP) is 4.89. The molecule has 6 rings (SSSR count). The third-order valence-electron chi connectivity index (χ3n) is 6.12. The van der Waals surface area contributed by atoms with E-state index in [0.717, 1.165) is 56.9 Å². The molecule has 0 radical (unpaired) electrons. The number of benzene rings is 3. The third-order valence-corrected chi connectivity index (χ3v) is 7.09. The molecular formula is C28H23N3O3S. The van der Waals surface area contributed by atoms with Gasteiger partial charge in [0.2, 0.25) is 0 Å². The molecule has 3 aromatic carbocycles. The average molecular weight is 482 g/mol. The lowest BCUT2D eigenvalue weighted by Crippen LogP contribution is -2.22. The minimum absolute atomic E-state index is 0.0246. The van der Waals surface area contributed by atoms with Crippen molar-refractivity contribution < 1.29 is 9.47 Å². The van der Waals surface area contributed by atoms with Crippen molar-refractivity contribution in [1.82, 2.24) is 14.0 Å². The first-order chi connectivity index (χ1) is 17.2. The van der Waals surface area contributed by atoms with Crippen molar-refractivity contribution in [2.75, 3.05) is 13.7 Å². The van der Waals surface area contributed by atoms with Crippen LogP contribution in [0.5, 0.6) is 11.5 Å². The minimum atomic E-state index is -0.0246. The number of para-hydroxylation sites is 3. The van der Waals surface area contributed by atoms with Crippen molar-refractivity contribution >= 4 is 44.3 Å². The average Bonchev–Trinajstić information content (AvgIpc) is 3.53. The van der Waals surface area contributed by atoms with Gasteiger partial charge in [0, 0.05) is 29.2 Å². The summed E-state index contributed by atoms with van der Waals surface area (Å²) in [7, 11) is 1.65. The van der Waals surface area contributed by atoms with Crippen LogP contribution in [0.1, 0.15) is 12.0 Å². The van der Waals surface area contributed by atoms with Crippen LogP contribution in [0.25, 0.3) is 33.0 Å². The van der Waals surface area contributed by atoms with Gasteiger partial charge in [0.1, 0.15) is 11.5 Å². The molecule has 0 N–H and O–H groups in total. The molecule has 3 heterocycles. The number of aromatic nitrogens is 3. The predicted molar refractivity (Wildman–Crippen MR) is 141 cm³/mol. The van der Waals surface area contributed by atoms with Gasteiger partial charge in [0.15, 0.2) is 4.96 Å². The first-order valence-electron chi connectivity index (χ1n) is 11.5. The highest BCUT2D eigenvalue weighted by Crippen LogP contribution is 2.23. The zero-order chi connectivity index (χ0) is 23.8. The van der Waals surface area contributed by atoms with E-state index in [9.17, 15) is 4.79 Å². The van der Waals surface area contributed by atoms with Crippen molar-refractivity contribution in [2.45, 2.75) is 13.0 Å². The van der Waals surface area contributed by atoms with Crippen molar-refractivity contribution in [2.24, 2.45) is 0 Å². The van der Waals surface area contributed by atoms with Gasteiger partial charge in [0.05, 0.1) is 29.3 Å². The van der Waals surface area contributed by atoms with E-state index < -0.39 is 0 Å². The Balaban J connectivity index is 1.27. The molecule has 0 bridgehead atoms. The molecular weight excluding hydrogens is 458 g/mol. The molecule has 0 unspecified atom stereocenters. The maximum Gasteiger partial charge on any atom is 0.274 e. The molecule has 0 spiro atoms. The molecule has 7 heteroatoms. The summed E-state index contributed by atoms with van der Waals surface area (Å²) >= 11 is 1.43. The molecule has 174 valence electrons. The maximum atomic E-state index is 13.2. The van der Waals surface area contributed by atoms with Crippen molar-refractivity contribution in [1.29, 1.82) is 0 Å². The highest BCUT2D eigenvalue weighted by molar-refractivity contribution is 7.15. The number of aryl methyl sites for hydroxylation is 1. The quantitative estimate of drug-likeness (QED) is 0.305. The summed E-state index contributed by atoms with van der Waals surface area (Å²) in [4.78, 5) is 18.6. The van der Waals surface area contributed by atoms with Crippen LogP contribution in [0.3, 0.4) is 0 Å². The van der Waals surface area contributed by atoms with Crippen LogP contribution in [0, 0.1) is 0 Å². The second-order valence-electron chi connectivity index (χ2n) is 8.31. The second kappa shape index (κ2) is 8.92. The molecule has 0 atom stereocenters. The lowest BCUT2D eigenvalue weighted by Gasteiger charge is -2.08. The summed E-state index contributed by atoms with van der Waals surface area (Å²) in [5, 5.41) is 1.12. The highest BCUT2D eigenvalue weighted by Gasteiger charge is 2.12. The van der Waals surface area contributed by atoms with E-state index in [4.69, 9.17) is 9.47 Å². The number of fused-ring (bicyclic) bond motifs is 4. The number of hydrogen-bond donors (Lipinski definition) is 0. The molecule has 35 heavy (non-hydrogen) atoms. The number of nitrogens with zero attached hydrogens (tertiary/aromatic N) is 3. The minimum Gasteiger partial charge on any atom is -0.497 e. The smallest absolute Gasteiger partial charge is 0.274 e. The van der Waals surface area contributed by atoms with Gasteiger partial charge < -0.3 is 14.0 Å². The third kappa shape index (κ3) is 3.94. The molecule has 0 aliphatic carbocycles. The summed E-state index contributed by atoms with van der Waals surface area (Å²) in [6.45, 7) is 1.42. The summed E-state index contributed by atoms with van der Waals surface area (Å²) < 4.78 is 15.7. The lowest BCUT2D eigenvalue weighted by molar-refractivity contribution is 0.302. The fraction of sp³-hybridized carbons (Fsp3) is 0.143. The van der Waals surface area contributed by atoms with E-state index >= 15 is 0 Å². The van der Waals surface area contributed by atoms with Crippen LogP contribution in [-0.2, 0) is 6.54 Å². The first-order valence-corrected chi connectivity index (χ1v) is 12.3. The number of rotatable bonds is 7. The summed E-state index contributed by atoms with van der Waals surface area (Å²) in [6, 6.07) is 23.7. The number of hydrogen-bond acceptors (Lipinski definition) is 5. The Morgan fingerprint density at radius 2 is 1.69 bits per heavy atom. The first kappa shape index (κ1) is 21.4. The van der Waals surface area contributed by atoms with E-state index in [2.05, 4.69) is 27.9 Å². The van der Waals surface area contributed by atoms with Gasteiger partial charge in [0.25, 0.3) is 5.56 Å². The van der Waals surface area contributed by atoms with Crippen LogP contribution >= 0.6 is 11.3 Å². The van der Waals surface area contributed by atoms with E-state index in [1.165, 1.54) is 11.3 Å². The van der Waals surface area contributed by atoms with Gasteiger partial charge in [-0.3, -0.25) is 4.79 Å².